The van der Waals surface area contributed by atoms with Crippen molar-refractivity contribution in [2.45, 2.75) is 12.8 Å². The first-order valence-electron chi connectivity index (χ1n) is 5.52. The molecule has 1 aromatic carbocycles. The number of aliphatic hydroxyl groups excluding tert-OH is 1. The number of aliphatic hydroxyl groups is 1. The van der Waals surface area contributed by atoms with E-state index in [0.29, 0.717) is 5.69 Å². The molecule has 1 saturated carbocycles. The second kappa shape index (κ2) is 5.15. The maximum atomic E-state index is 12.7. The highest BCUT2D eigenvalue weighted by Crippen LogP contribution is 2.36. The normalized spacial score (nSPS) is 15.6. The number of nitrogens with zero attached hydrogens (tertiary/aromatic N) is 1. The molecule has 5 heteroatoms. The van der Waals surface area contributed by atoms with Gasteiger partial charge in [0.05, 0.1) is 0 Å². The third-order valence-corrected chi connectivity index (χ3v) is 2.97. The lowest BCUT2D eigenvalue weighted by atomic mass is 10.2. The number of hydrogen-bond acceptors (Lipinski definition) is 3. The molecule has 0 atom stereocenters. The summed E-state index contributed by atoms with van der Waals surface area (Å²) in [6.45, 7) is 0. The first kappa shape index (κ1) is 12.5. The molecule has 0 saturated heterocycles. The number of thiocarbonyl (C=S) groups is 1. The Kier molecular flexibility index (Phi) is 3.58. The highest BCUT2D eigenvalue weighted by atomic mass is 32.1. The summed E-state index contributed by atoms with van der Waals surface area (Å²) >= 11 is 5.07. The number of nitrogens with one attached hydrogen (secondary N) is 1. The van der Waals surface area contributed by atoms with Crippen LogP contribution in [0.5, 0.6) is 0 Å². The fourth-order valence-corrected chi connectivity index (χ4v) is 1.78. The van der Waals surface area contributed by atoms with E-state index < -0.39 is 0 Å². The van der Waals surface area contributed by atoms with Crippen molar-refractivity contribution in [2.75, 3.05) is 5.32 Å². The van der Waals surface area contributed by atoms with Crippen LogP contribution < -0.4 is 5.32 Å². The largest absolute Gasteiger partial charge is 0.511 e. The van der Waals surface area contributed by atoms with Gasteiger partial charge in [-0.15, -0.1) is 0 Å². The van der Waals surface area contributed by atoms with Gasteiger partial charge >= 0.3 is 0 Å². The predicted molar refractivity (Wildman–Crippen MR) is 70.6 cm³/mol. The summed E-state index contributed by atoms with van der Waals surface area (Å²) in [5.74, 6) is -0.229. The van der Waals surface area contributed by atoms with Crippen LogP contribution in [-0.4, -0.2) is 10.1 Å². The summed E-state index contributed by atoms with van der Waals surface area (Å²) < 4.78 is 12.7. The molecule has 0 unspecified atom stereocenters. The lowest BCUT2D eigenvalue weighted by Gasteiger charge is -2.08. The van der Waals surface area contributed by atoms with E-state index in [-0.39, 0.29) is 28.1 Å². The second-order valence-corrected chi connectivity index (χ2v) is 4.52. The minimum Gasteiger partial charge on any atom is -0.511 e. The number of allylic oxidation sites excluding steroid dienone is 1. The van der Waals surface area contributed by atoms with Crippen LogP contribution in [0.2, 0.25) is 0 Å². The summed E-state index contributed by atoms with van der Waals surface area (Å²) in [5, 5.41) is 21.6. The summed E-state index contributed by atoms with van der Waals surface area (Å²) in [6, 6.07) is 7.53. The predicted octanol–water partition coefficient (Wildman–Crippen LogP) is 3.31. The third kappa shape index (κ3) is 2.84. The van der Waals surface area contributed by atoms with Crippen LogP contribution in [-0.2, 0) is 0 Å². The zero-order valence-corrected chi connectivity index (χ0v) is 10.3. The van der Waals surface area contributed by atoms with Crippen molar-refractivity contribution in [1.82, 2.24) is 0 Å². The zero-order valence-electron chi connectivity index (χ0n) is 9.48. The van der Waals surface area contributed by atoms with E-state index in [1.165, 1.54) is 24.3 Å². The standard InChI is InChI=1S/C13H11FN2OS/c14-9-3-5-10(6-4-9)16-13(18)11(7-15)12(17)8-1-2-8/h3-6,8,17H,1-2H2,(H,16,18)/b12-11+. The van der Waals surface area contributed by atoms with E-state index in [0.717, 1.165) is 12.8 Å². The van der Waals surface area contributed by atoms with Crippen LogP contribution in [0.15, 0.2) is 35.6 Å². The van der Waals surface area contributed by atoms with Crippen molar-refractivity contribution in [2.24, 2.45) is 5.92 Å². The van der Waals surface area contributed by atoms with Crippen molar-refractivity contribution in [3.05, 3.63) is 41.4 Å². The number of hydrogen-bond donors (Lipinski definition) is 2. The van der Waals surface area contributed by atoms with Crippen molar-refractivity contribution in [3.63, 3.8) is 0 Å². The number of nitriles is 1. The highest BCUT2D eigenvalue weighted by molar-refractivity contribution is 7.81. The van der Waals surface area contributed by atoms with Gasteiger partial charge in [-0.2, -0.15) is 5.26 Å². The topological polar surface area (TPSA) is 56.0 Å². The summed E-state index contributed by atoms with van der Waals surface area (Å²) in [7, 11) is 0. The van der Waals surface area contributed by atoms with Crippen LogP contribution in [0, 0.1) is 23.1 Å². The fourth-order valence-electron chi connectivity index (χ4n) is 1.51. The van der Waals surface area contributed by atoms with Gasteiger partial charge in [0, 0.05) is 11.6 Å². The number of anilines is 1. The Balaban J connectivity index is 2.14. The van der Waals surface area contributed by atoms with Crippen LogP contribution in [0.1, 0.15) is 12.8 Å². The van der Waals surface area contributed by atoms with Crippen molar-refractivity contribution in [3.8, 4) is 6.07 Å². The Hall–Kier alpha value is -1.93. The van der Waals surface area contributed by atoms with Crippen LogP contribution in [0.3, 0.4) is 0 Å². The molecule has 0 spiro atoms. The number of benzene rings is 1. The minimum absolute atomic E-state index is 0.0529. The molecule has 92 valence electrons. The Morgan fingerprint density at radius 3 is 2.50 bits per heavy atom. The van der Waals surface area contributed by atoms with Crippen LogP contribution in [0.4, 0.5) is 10.1 Å². The van der Waals surface area contributed by atoms with Gasteiger partial charge in [0.25, 0.3) is 0 Å². The molecule has 18 heavy (non-hydrogen) atoms. The van der Waals surface area contributed by atoms with Gasteiger partial charge in [-0.25, -0.2) is 4.39 Å². The molecule has 0 heterocycles. The Morgan fingerprint density at radius 1 is 1.39 bits per heavy atom. The second-order valence-electron chi connectivity index (χ2n) is 4.11. The Labute approximate surface area is 110 Å². The molecule has 0 amide bonds. The first-order chi connectivity index (χ1) is 8.61. The van der Waals surface area contributed by atoms with E-state index in [2.05, 4.69) is 5.32 Å². The number of rotatable bonds is 3. The Bertz CT molecular complexity index is 541. The third-order valence-electron chi connectivity index (χ3n) is 2.66. The summed E-state index contributed by atoms with van der Waals surface area (Å²) in [4.78, 5) is 0.161. The van der Waals surface area contributed by atoms with E-state index in [4.69, 9.17) is 17.5 Å². The smallest absolute Gasteiger partial charge is 0.125 e. The van der Waals surface area contributed by atoms with E-state index in [9.17, 15) is 9.50 Å². The molecule has 1 fully saturated rings. The van der Waals surface area contributed by atoms with Crippen LogP contribution in [0.25, 0.3) is 0 Å². The van der Waals surface area contributed by atoms with E-state index in [1.807, 2.05) is 6.07 Å². The molecule has 0 aliphatic heterocycles. The maximum absolute atomic E-state index is 12.7. The SMILES string of the molecule is N#C/C(C(=S)Nc1ccc(F)cc1)=C(\O)C1CC1. The van der Waals surface area contributed by atoms with Gasteiger partial charge < -0.3 is 10.4 Å². The van der Waals surface area contributed by atoms with Crippen molar-refractivity contribution in [1.29, 1.82) is 5.26 Å². The van der Waals surface area contributed by atoms with E-state index >= 15 is 0 Å². The minimum atomic E-state index is -0.344. The molecule has 1 aliphatic carbocycles. The van der Waals surface area contributed by atoms with Crippen LogP contribution >= 0.6 is 12.2 Å². The maximum Gasteiger partial charge on any atom is 0.125 e. The quantitative estimate of drug-likeness (QED) is 0.380. The molecule has 0 radical (unpaired) electrons. The van der Waals surface area contributed by atoms with Gasteiger partial charge in [0.15, 0.2) is 0 Å². The van der Waals surface area contributed by atoms with Gasteiger partial charge in [0.1, 0.15) is 28.2 Å². The molecule has 0 aromatic heterocycles. The Morgan fingerprint density at radius 2 is 2.00 bits per heavy atom. The molecule has 2 N–H and O–H groups in total. The average molecular weight is 262 g/mol. The van der Waals surface area contributed by atoms with Gasteiger partial charge in [-0.3, -0.25) is 0 Å². The molecule has 3 nitrogen and oxygen atoms in total. The molecule has 1 aliphatic rings. The summed E-state index contributed by atoms with van der Waals surface area (Å²) in [6.07, 6.45) is 1.77. The summed E-state index contributed by atoms with van der Waals surface area (Å²) in [5.41, 5.74) is 0.676. The monoisotopic (exact) mass is 262 g/mol. The van der Waals surface area contributed by atoms with Crippen molar-refractivity contribution >= 4 is 22.9 Å². The molecule has 2 rings (SSSR count). The molecular formula is C13H11FN2OS. The van der Waals surface area contributed by atoms with Gasteiger partial charge in [-0.05, 0) is 37.1 Å². The molecular weight excluding hydrogens is 251 g/mol. The zero-order chi connectivity index (χ0) is 13.1. The fraction of sp³-hybridized carbons (Fsp3) is 0.231. The van der Waals surface area contributed by atoms with Crippen molar-refractivity contribution < 1.29 is 9.50 Å². The molecule has 0 bridgehead atoms. The first-order valence-corrected chi connectivity index (χ1v) is 5.93. The average Bonchev–Trinajstić information content (AvgIpc) is 3.17. The molecule has 1 aromatic rings. The highest BCUT2D eigenvalue weighted by Gasteiger charge is 2.29. The lowest BCUT2D eigenvalue weighted by Crippen LogP contribution is -2.13. The van der Waals surface area contributed by atoms with Gasteiger partial charge in [0.2, 0.25) is 0 Å². The van der Waals surface area contributed by atoms with Gasteiger partial charge in [-0.1, -0.05) is 12.2 Å². The lowest BCUT2D eigenvalue weighted by molar-refractivity contribution is 0.377. The van der Waals surface area contributed by atoms with E-state index in [1.54, 1.807) is 0 Å². The number of halogens is 1.